The number of nitriles is 1. The lowest BCUT2D eigenvalue weighted by atomic mass is 10.3. The van der Waals surface area contributed by atoms with Gasteiger partial charge in [-0.15, -0.1) is 0 Å². The van der Waals surface area contributed by atoms with Crippen LogP contribution in [0.3, 0.4) is 0 Å². The molecule has 0 aliphatic rings. The summed E-state index contributed by atoms with van der Waals surface area (Å²) in [6.45, 7) is 2.76. The van der Waals surface area contributed by atoms with Crippen molar-refractivity contribution in [2.24, 2.45) is 0 Å². The minimum absolute atomic E-state index is 0.640. The van der Waals surface area contributed by atoms with Gasteiger partial charge in [0.25, 0.3) is 0 Å². The third-order valence-corrected chi connectivity index (χ3v) is 3.44. The van der Waals surface area contributed by atoms with Gasteiger partial charge in [-0.25, -0.2) is 4.98 Å². The molecule has 2 aromatic rings. The number of rotatable bonds is 4. The van der Waals surface area contributed by atoms with Crippen LogP contribution in [0.2, 0.25) is 0 Å². The molecule has 0 fully saturated rings. The number of nitrogens with zero attached hydrogens (tertiary/aromatic N) is 3. The van der Waals surface area contributed by atoms with Crippen LogP contribution in [0, 0.1) is 18.3 Å². The van der Waals surface area contributed by atoms with E-state index in [1.165, 1.54) is 11.3 Å². The van der Waals surface area contributed by atoms with Gasteiger partial charge in [-0.2, -0.15) is 5.26 Å². The molecule has 2 heterocycles. The highest BCUT2D eigenvalue weighted by Gasteiger charge is 2.07. The maximum Gasteiger partial charge on any atom is 0.186 e. The maximum atomic E-state index is 8.73. The summed E-state index contributed by atoms with van der Waals surface area (Å²) in [4.78, 5) is 6.87. The second-order valence-corrected chi connectivity index (χ2v) is 4.81. The molecule has 5 heteroatoms. The molecule has 0 aromatic carbocycles. The van der Waals surface area contributed by atoms with Gasteiger partial charge in [-0.3, -0.25) is 0 Å². The van der Waals surface area contributed by atoms with Crippen LogP contribution >= 0.6 is 11.3 Å². The maximum absolute atomic E-state index is 8.73. The molecule has 2 aromatic heterocycles. The summed E-state index contributed by atoms with van der Waals surface area (Å²) < 4.78 is 5.50. The zero-order chi connectivity index (χ0) is 12.3. The Balaban J connectivity index is 1.93. The highest BCUT2D eigenvalue weighted by Crippen LogP contribution is 2.20. The van der Waals surface area contributed by atoms with Crippen molar-refractivity contribution in [1.82, 2.24) is 4.98 Å². The second-order valence-electron chi connectivity index (χ2n) is 3.80. The van der Waals surface area contributed by atoms with E-state index in [2.05, 4.69) is 11.1 Å². The number of hydrogen-bond acceptors (Lipinski definition) is 5. The van der Waals surface area contributed by atoms with Gasteiger partial charge in [-0.1, -0.05) is 11.3 Å². The second kappa shape index (κ2) is 5.02. The molecule has 0 saturated carbocycles. The number of aromatic nitrogens is 1. The van der Waals surface area contributed by atoms with E-state index in [9.17, 15) is 0 Å². The van der Waals surface area contributed by atoms with Crippen molar-refractivity contribution < 1.29 is 4.42 Å². The highest BCUT2D eigenvalue weighted by atomic mass is 32.1. The fraction of sp³-hybridized carbons (Fsp3) is 0.333. The molecular weight excluding hydrogens is 234 g/mol. The van der Waals surface area contributed by atoms with Crippen LogP contribution in [0.1, 0.15) is 16.4 Å². The molecule has 0 bridgehead atoms. The fourth-order valence-electron chi connectivity index (χ4n) is 1.49. The van der Waals surface area contributed by atoms with E-state index in [1.807, 2.05) is 31.0 Å². The lowest BCUT2D eigenvalue weighted by molar-refractivity contribution is 0.483. The van der Waals surface area contributed by atoms with Gasteiger partial charge < -0.3 is 9.32 Å². The Morgan fingerprint density at radius 1 is 1.53 bits per heavy atom. The summed E-state index contributed by atoms with van der Waals surface area (Å²) in [7, 11) is 1.97. The average molecular weight is 247 g/mol. The normalized spacial score (nSPS) is 10.2. The van der Waals surface area contributed by atoms with Crippen molar-refractivity contribution in [2.45, 2.75) is 13.3 Å². The van der Waals surface area contributed by atoms with Crippen molar-refractivity contribution >= 4 is 16.5 Å². The van der Waals surface area contributed by atoms with Gasteiger partial charge in [0.15, 0.2) is 5.13 Å². The summed E-state index contributed by atoms with van der Waals surface area (Å²) >= 11 is 1.40. The molecule has 0 radical (unpaired) electrons. The molecule has 0 amide bonds. The van der Waals surface area contributed by atoms with Crippen LogP contribution in [0.4, 0.5) is 5.13 Å². The largest absolute Gasteiger partial charge is 0.466 e. The Morgan fingerprint density at radius 2 is 2.35 bits per heavy atom. The van der Waals surface area contributed by atoms with E-state index in [4.69, 9.17) is 9.68 Å². The van der Waals surface area contributed by atoms with Gasteiger partial charge in [-0.05, 0) is 19.1 Å². The van der Waals surface area contributed by atoms with Crippen molar-refractivity contribution in [3.8, 4) is 6.07 Å². The monoisotopic (exact) mass is 247 g/mol. The molecule has 2 rings (SSSR count). The van der Waals surface area contributed by atoms with Crippen molar-refractivity contribution in [1.29, 1.82) is 5.26 Å². The van der Waals surface area contributed by atoms with E-state index in [0.29, 0.717) is 4.88 Å². The molecule has 0 saturated heterocycles. The first kappa shape index (κ1) is 11.7. The van der Waals surface area contributed by atoms with Crippen LogP contribution in [0.25, 0.3) is 0 Å². The first-order valence-electron chi connectivity index (χ1n) is 5.31. The molecule has 0 aliphatic carbocycles. The van der Waals surface area contributed by atoms with Gasteiger partial charge >= 0.3 is 0 Å². The van der Waals surface area contributed by atoms with Crippen LogP contribution in [-0.2, 0) is 6.42 Å². The lowest BCUT2D eigenvalue weighted by Gasteiger charge is -2.14. The topological polar surface area (TPSA) is 53.1 Å². The van der Waals surface area contributed by atoms with Crippen molar-refractivity contribution in [3.05, 3.63) is 34.7 Å². The van der Waals surface area contributed by atoms with Gasteiger partial charge in [0.1, 0.15) is 22.5 Å². The predicted octanol–water partition coefficient (Wildman–Crippen LogP) is 2.60. The van der Waals surface area contributed by atoms with E-state index in [0.717, 1.165) is 29.6 Å². The molecule has 4 nitrogen and oxygen atoms in total. The minimum atomic E-state index is 0.640. The molecule has 0 N–H and O–H groups in total. The summed E-state index contributed by atoms with van der Waals surface area (Å²) in [5.74, 6) is 1.91. The molecule has 88 valence electrons. The molecule has 0 unspecified atom stereocenters. The summed E-state index contributed by atoms with van der Waals surface area (Å²) in [5, 5.41) is 9.60. The Hall–Kier alpha value is -1.80. The van der Waals surface area contributed by atoms with Gasteiger partial charge in [0.2, 0.25) is 0 Å². The zero-order valence-electron chi connectivity index (χ0n) is 9.80. The third kappa shape index (κ3) is 2.86. The van der Waals surface area contributed by atoms with E-state index in [1.54, 1.807) is 6.20 Å². The van der Waals surface area contributed by atoms with Crippen LogP contribution in [-0.4, -0.2) is 18.6 Å². The van der Waals surface area contributed by atoms with Gasteiger partial charge in [0, 0.05) is 20.0 Å². The van der Waals surface area contributed by atoms with E-state index < -0.39 is 0 Å². The average Bonchev–Trinajstić information content (AvgIpc) is 2.94. The fourth-order valence-corrected chi connectivity index (χ4v) is 2.19. The molecular formula is C12H13N3OS. The molecule has 0 atom stereocenters. The van der Waals surface area contributed by atoms with E-state index >= 15 is 0 Å². The molecule has 0 spiro atoms. The Kier molecular flexibility index (Phi) is 3.45. The summed E-state index contributed by atoms with van der Waals surface area (Å²) in [6.07, 6.45) is 2.44. The van der Waals surface area contributed by atoms with E-state index in [-0.39, 0.29) is 0 Å². The van der Waals surface area contributed by atoms with Crippen molar-refractivity contribution in [3.63, 3.8) is 0 Å². The first-order chi connectivity index (χ1) is 8.19. The van der Waals surface area contributed by atoms with Crippen molar-refractivity contribution in [2.75, 3.05) is 18.5 Å². The first-order valence-corrected chi connectivity index (χ1v) is 6.13. The summed E-state index contributed by atoms with van der Waals surface area (Å²) in [5.41, 5.74) is 0. The summed E-state index contributed by atoms with van der Waals surface area (Å²) in [6, 6.07) is 6.05. The van der Waals surface area contributed by atoms with Crippen LogP contribution in [0.15, 0.2) is 22.7 Å². The number of likely N-dealkylation sites (N-methyl/N-ethyl adjacent to an activating group) is 1. The number of hydrogen-bond donors (Lipinski definition) is 0. The predicted molar refractivity (Wildman–Crippen MR) is 67.2 cm³/mol. The number of aryl methyl sites for hydroxylation is 1. The standard InChI is InChI=1S/C12H13N3OS/c1-9-3-4-10(16-9)5-6-15(2)12-14-8-11(7-13)17-12/h3-4,8H,5-6H2,1-2H3. The Morgan fingerprint density at radius 3 is 2.94 bits per heavy atom. The van der Waals surface area contributed by atoms with Crippen LogP contribution < -0.4 is 4.90 Å². The Bertz CT molecular complexity index is 538. The highest BCUT2D eigenvalue weighted by molar-refractivity contribution is 7.16. The molecule has 17 heavy (non-hydrogen) atoms. The quantitative estimate of drug-likeness (QED) is 0.833. The number of thiazole rings is 1. The zero-order valence-corrected chi connectivity index (χ0v) is 10.6. The minimum Gasteiger partial charge on any atom is -0.466 e. The Labute approximate surface area is 104 Å². The van der Waals surface area contributed by atoms with Gasteiger partial charge in [0.05, 0.1) is 6.20 Å². The SMILES string of the molecule is Cc1ccc(CCN(C)c2ncc(C#N)s2)o1. The van der Waals surface area contributed by atoms with Crippen LogP contribution in [0.5, 0.6) is 0 Å². The molecule has 0 aliphatic heterocycles. The smallest absolute Gasteiger partial charge is 0.186 e. The lowest BCUT2D eigenvalue weighted by Crippen LogP contribution is -2.19. The number of furan rings is 1. The number of anilines is 1. The third-order valence-electron chi connectivity index (χ3n) is 2.42.